The van der Waals surface area contributed by atoms with Gasteiger partial charge < -0.3 is 36.1 Å². The van der Waals surface area contributed by atoms with E-state index in [1.807, 2.05) is 0 Å². The maximum atomic E-state index is 12.0. The molecule has 184 valence electrons. The van der Waals surface area contributed by atoms with Crippen molar-refractivity contribution < 1.29 is 29.3 Å². The number of methoxy groups -OCH3 is 1. The lowest BCUT2D eigenvalue weighted by Gasteiger charge is -2.17. The van der Waals surface area contributed by atoms with Crippen LogP contribution in [0.3, 0.4) is 0 Å². The standard InChI is InChI=1S/C24H25ClN4O6/c1-34-21-9-20-15(7-16(21)23(26)32)22(8-19(28-20)12(10-30)11-31)35-14-4-5-18(17(25)6-14)29-24(33)27-13-2-3-13/h4-9,12-13,30-31H,2-3,10-11H2,1H3,(H2,26,32)(H2,27,29,33). The van der Waals surface area contributed by atoms with Crippen LogP contribution in [0.2, 0.25) is 5.02 Å². The zero-order valence-corrected chi connectivity index (χ0v) is 19.6. The van der Waals surface area contributed by atoms with E-state index in [1.54, 1.807) is 18.2 Å². The number of primary amides is 1. The molecule has 1 heterocycles. The quantitative estimate of drug-likeness (QED) is 0.302. The molecule has 6 N–H and O–H groups in total. The zero-order valence-electron chi connectivity index (χ0n) is 18.9. The van der Waals surface area contributed by atoms with Crippen molar-refractivity contribution in [1.82, 2.24) is 10.3 Å². The monoisotopic (exact) mass is 500 g/mol. The van der Waals surface area contributed by atoms with Crippen LogP contribution in [0.4, 0.5) is 10.5 Å². The number of fused-ring (bicyclic) bond motifs is 1. The van der Waals surface area contributed by atoms with Gasteiger partial charge in [-0.1, -0.05) is 11.6 Å². The predicted octanol–water partition coefficient (Wildman–Crippen LogP) is 3.14. The van der Waals surface area contributed by atoms with Gasteiger partial charge >= 0.3 is 6.03 Å². The third-order valence-electron chi connectivity index (χ3n) is 5.57. The second-order valence-corrected chi connectivity index (χ2v) is 8.56. The average Bonchev–Trinajstić information content (AvgIpc) is 3.64. The Hall–Kier alpha value is -3.60. The summed E-state index contributed by atoms with van der Waals surface area (Å²) in [4.78, 5) is 28.5. The summed E-state index contributed by atoms with van der Waals surface area (Å²) in [5.41, 5.74) is 6.86. The number of anilines is 1. The van der Waals surface area contributed by atoms with E-state index in [0.29, 0.717) is 33.8 Å². The van der Waals surface area contributed by atoms with E-state index in [4.69, 9.17) is 26.8 Å². The number of nitrogens with zero attached hydrogens (tertiary/aromatic N) is 1. The number of aromatic nitrogens is 1. The summed E-state index contributed by atoms with van der Waals surface area (Å²) in [5.74, 6) is -0.463. The minimum Gasteiger partial charge on any atom is -0.496 e. The van der Waals surface area contributed by atoms with Crippen LogP contribution in [-0.2, 0) is 0 Å². The minimum atomic E-state index is -0.690. The molecule has 4 rings (SSSR count). The minimum absolute atomic E-state index is 0.138. The van der Waals surface area contributed by atoms with Gasteiger partial charge in [0, 0.05) is 35.5 Å². The van der Waals surface area contributed by atoms with Gasteiger partial charge in [0.25, 0.3) is 5.91 Å². The average molecular weight is 501 g/mol. The molecule has 1 aliphatic carbocycles. The number of hydrogen-bond donors (Lipinski definition) is 5. The van der Waals surface area contributed by atoms with Gasteiger partial charge in [-0.3, -0.25) is 9.78 Å². The number of ether oxygens (including phenoxy) is 2. The van der Waals surface area contributed by atoms with Crippen LogP contribution < -0.4 is 25.8 Å². The fourth-order valence-corrected chi connectivity index (χ4v) is 3.72. The highest BCUT2D eigenvalue weighted by Gasteiger charge is 2.23. The van der Waals surface area contributed by atoms with E-state index in [9.17, 15) is 19.8 Å². The van der Waals surface area contributed by atoms with E-state index in [1.165, 1.54) is 25.3 Å². The number of hydrogen-bond acceptors (Lipinski definition) is 7. The number of nitrogens with one attached hydrogen (secondary N) is 2. The van der Waals surface area contributed by atoms with Gasteiger partial charge in [0.2, 0.25) is 0 Å². The molecule has 11 heteroatoms. The molecule has 0 unspecified atom stereocenters. The van der Waals surface area contributed by atoms with Crippen molar-refractivity contribution in [1.29, 1.82) is 0 Å². The number of urea groups is 1. The summed E-state index contributed by atoms with van der Waals surface area (Å²) in [6.45, 7) is -0.667. The van der Waals surface area contributed by atoms with Crippen LogP contribution >= 0.6 is 11.6 Å². The Morgan fingerprint density at radius 2 is 1.91 bits per heavy atom. The Balaban J connectivity index is 1.72. The van der Waals surface area contributed by atoms with Crippen LogP contribution in [0.25, 0.3) is 10.9 Å². The van der Waals surface area contributed by atoms with Crippen molar-refractivity contribution in [3.8, 4) is 17.2 Å². The van der Waals surface area contributed by atoms with Crippen LogP contribution in [0.5, 0.6) is 17.2 Å². The highest BCUT2D eigenvalue weighted by Crippen LogP contribution is 2.37. The largest absolute Gasteiger partial charge is 0.496 e. The summed E-state index contributed by atoms with van der Waals surface area (Å²) < 4.78 is 11.4. The van der Waals surface area contributed by atoms with Crippen molar-refractivity contribution in [2.75, 3.05) is 25.6 Å². The molecule has 0 spiro atoms. The van der Waals surface area contributed by atoms with E-state index >= 15 is 0 Å². The number of halogens is 1. The zero-order chi connectivity index (χ0) is 25.1. The van der Waals surface area contributed by atoms with Crippen molar-refractivity contribution in [2.24, 2.45) is 5.73 Å². The first-order valence-electron chi connectivity index (χ1n) is 10.9. The van der Waals surface area contributed by atoms with Gasteiger partial charge in [-0.2, -0.15) is 0 Å². The molecule has 35 heavy (non-hydrogen) atoms. The van der Waals surface area contributed by atoms with Crippen LogP contribution in [0.15, 0.2) is 36.4 Å². The van der Waals surface area contributed by atoms with E-state index in [0.717, 1.165) is 12.8 Å². The van der Waals surface area contributed by atoms with Gasteiger partial charge in [0.05, 0.1) is 47.8 Å². The fourth-order valence-electron chi connectivity index (χ4n) is 3.50. The smallest absolute Gasteiger partial charge is 0.319 e. The highest BCUT2D eigenvalue weighted by molar-refractivity contribution is 6.33. The molecule has 1 saturated carbocycles. The van der Waals surface area contributed by atoms with Gasteiger partial charge in [-0.05, 0) is 31.0 Å². The molecule has 0 bridgehead atoms. The van der Waals surface area contributed by atoms with Gasteiger partial charge in [-0.15, -0.1) is 0 Å². The third kappa shape index (κ3) is 5.56. The van der Waals surface area contributed by atoms with E-state index in [-0.39, 0.29) is 41.6 Å². The van der Waals surface area contributed by atoms with Crippen molar-refractivity contribution in [2.45, 2.75) is 24.8 Å². The van der Waals surface area contributed by atoms with Crippen LogP contribution in [-0.4, -0.2) is 53.5 Å². The molecule has 1 aliphatic rings. The Bertz CT molecular complexity index is 1280. The Morgan fingerprint density at radius 1 is 1.17 bits per heavy atom. The lowest BCUT2D eigenvalue weighted by atomic mass is 10.0. The normalized spacial score (nSPS) is 13.1. The molecule has 10 nitrogen and oxygen atoms in total. The lowest BCUT2D eigenvalue weighted by Crippen LogP contribution is -2.30. The molecule has 0 radical (unpaired) electrons. The van der Waals surface area contributed by atoms with Crippen LogP contribution in [0.1, 0.15) is 34.8 Å². The van der Waals surface area contributed by atoms with E-state index < -0.39 is 11.8 Å². The molecule has 0 saturated heterocycles. The summed E-state index contributed by atoms with van der Waals surface area (Å²) in [7, 11) is 1.40. The number of nitrogens with two attached hydrogens (primary N) is 1. The SMILES string of the molecule is COc1cc2nc(C(CO)CO)cc(Oc3ccc(NC(=O)NC4CC4)c(Cl)c3)c2cc1C(N)=O. The summed E-state index contributed by atoms with van der Waals surface area (Å²) >= 11 is 6.36. The number of benzene rings is 2. The van der Waals surface area contributed by atoms with Gasteiger partial charge in [0.15, 0.2) is 0 Å². The maximum Gasteiger partial charge on any atom is 0.319 e. The first kappa shape index (κ1) is 24.5. The maximum absolute atomic E-state index is 12.0. The summed E-state index contributed by atoms with van der Waals surface area (Å²) in [6.07, 6.45) is 1.93. The number of rotatable bonds is 9. The highest BCUT2D eigenvalue weighted by atomic mass is 35.5. The molecule has 2 aromatic carbocycles. The Morgan fingerprint density at radius 3 is 2.51 bits per heavy atom. The number of carbonyl (C=O) groups excluding carboxylic acids is 2. The molecule has 3 amide bonds. The van der Waals surface area contributed by atoms with Gasteiger partial charge in [-0.25, -0.2) is 4.79 Å². The molecular formula is C24H25ClN4O6. The Labute approximate surface area is 206 Å². The molecule has 3 aromatic rings. The Kier molecular flexibility index (Phi) is 7.25. The number of carbonyl (C=O) groups is 2. The summed E-state index contributed by atoms with van der Waals surface area (Å²) in [5, 5.41) is 25.6. The third-order valence-corrected chi connectivity index (χ3v) is 5.88. The predicted molar refractivity (Wildman–Crippen MR) is 130 cm³/mol. The molecule has 0 atom stereocenters. The summed E-state index contributed by atoms with van der Waals surface area (Å²) in [6, 6.07) is 9.25. The number of pyridine rings is 1. The second-order valence-electron chi connectivity index (χ2n) is 8.16. The van der Waals surface area contributed by atoms with E-state index in [2.05, 4.69) is 15.6 Å². The lowest BCUT2D eigenvalue weighted by molar-refractivity contribution is 0.0997. The molecule has 0 aliphatic heterocycles. The van der Waals surface area contributed by atoms with Crippen molar-refractivity contribution in [3.63, 3.8) is 0 Å². The second kappa shape index (κ2) is 10.3. The first-order chi connectivity index (χ1) is 16.8. The molecular weight excluding hydrogens is 476 g/mol. The number of amides is 3. The van der Waals surface area contributed by atoms with Crippen molar-refractivity contribution in [3.05, 3.63) is 52.7 Å². The first-order valence-corrected chi connectivity index (χ1v) is 11.3. The van der Waals surface area contributed by atoms with Crippen LogP contribution in [0, 0.1) is 0 Å². The topological polar surface area (TPSA) is 156 Å². The number of aliphatic hydroxyl groups excluding tert-OH is 2. The molecule has 1 aromatic heterocycles. The molecule has 1 fully saturated rings. The van der Waals surface area contributed by atoms with Gasteiger partial charge in [0.1, 0.15) is 17.2 Å². The fraction of sp³-hybridized carbons (Fsp3) is 0.292. The number of aliphatic hydroxyl groups is 2. The van der Waals surface area contributed by atoms with Crippen molar-refractivity contribution >= 4 is 40.1 Å².